The average molecular weight is 252 g/mol. The molecule has 7 nitrogen and oxygen atoms in total. The number of carbonyl (C=O) groups is 2. The Bertz CT molecular complexity index is 448. The second-order valence-corrected chi connectivity index (χ2v) is 3.50. The van der Waals surface area contributed by atoms with Gasteiger partial charge in [-0.05, 0) is 12.1 Å². The van der Waals surface area contributed by atoms with E-state index in [1.165, 1.54) is 7.11 Å². The van der Waals surface area contributed by atoms with Gasteiger partial charge < -0.3 is 26.8 Å². The van der Waals surface area contributed by atoms with Crippen molar-refractivity contribution in [2.45, 2.75) is 0 Å². The first-order chi connectivity index (χ1) is 8.54. The summed E-state index contributed by atoms with van der Waals surface area (Å²) in [6.45, 7) is 0.532. The summed E-state index contributed by atoms with van der Waals surface area (Å²) in [5.41, 5.74) is 11.3. The summed E-state index contributed by atoms with van der Waals surface area (Å²) >= 11 is 0. The van der Waals surface area contributed by atoms with Gasteiger partial charge in [0.15, 0.2) is 0 Å². The van der Waals surface area contributed by atoms with E-state index < -0.39 is 6.03 Å². The molecular formula is C11H16N4O3. The van der Waals surface area contributed by atoms with Gasteiger partial charge in [-0.15, -0.1) is 0 Å². The standard InChI is InChI=1S/C11H16N4O3/c1-18-7-2-3-8(9(12)6-7)10(16)14-4-5-15-11(13)17/h2-3,6H,4-5,12H2,1H3,(H,14,16)(H3,13,15,17). The SMILES string of the molecule is COc1ccc(C(=O)NCCNC(N)=O)c(N)c1. The van der Waals surface area contributed by atoms with Crippen LogP contribution in [0.3, 0.4) is 0 Å². The molecule has 7 heteroatoms. The Labute approximate surface area is 104 Å². The highest BCUT2D eigenvalue weighted by Crippen LogP contribution is 2.19. The molecule has 0 spiro atoms. The van der Waals surface area contributed by atoms with Gasteiger partial charge in [0, 0.05) is 24.8 Å². The quantitative estimate of drug-likeness (QED) is 0.424. The van der Waals surface area contributed by atoms with E-state index in [-0.39, 0.29) is 19.0 Å². The highest BCUT2D eigenvalue weighted by molar-refractivity contribution is 5.99. The van der Waals surface area contributed by atoms with E-state index in [2.05, 4.69) is 10.6 Å². The van der Waals surface area contributed by atoms with E-state index >= 15 is 0 Å². The van der Waals surface area contributed by atoms with Gasteiger partial charge in [-0.3, -0.25) is 4.79 Å². The van der Waals surface area contributed by atoms with Crippen molar-refractivity contribution < 1.29 is 14.3 Å². The molecule has 0 unspecified atom stereocenters. The van der Waals surface area contributed by atoms with Crippen LogP contribution in [0.5, 0.6) is 5.75 Å². The summed E-state index contributed by atoms with van der Waals surface area (Å²) in [6.07, 6.45) is 0. The lowest BCUT2D eigenvalue weighted by Gasteiger charge is -2.09. The number of ether oxygens (including phenoxy) is 1. The van der Waals surface area contributed by atoms with E-state index in [1.807, 2.05) is 0 Å². The zero-order valence-electron chi connectivity index (χ0n) is 10.0. The molecular weight excluding hydrogens is 236 g/mol. The topological polar surface area (TPSA) is 119 Å². The molecule has 18 heavy (non-hydrogen) atoms. The number of hydrogen-bond acceptors (Lipinski definition) is 4. The van der Waals surface area contributed by atoms with Crippen molar-refractivity contribution in [3.8, 4) is 5.75 Å². The number of methoxy groups -OCH3 is 1. The maximum Gasteiger partial charge on any atom is 0.312 e. The maximum absolute atomic E-state index is 11.7. The van der Waals surface area contributed by atoms with E-state index in [1.54, 1.807) is 18.2 Å². The van der Waals surface area contributed by atoms with E-state index in [4.69, 9.17) is 16.2 Å². The second kappa shape index (κ2) is 6.33. The van der Waals surface area contributed by atoms with Crippen LogP contribution < -0.4 is 26.8 Å². The number of hydrogen-bond donors (Lipinski definition) is 4. The molecule has 0 saturated heterocycles. The average Bonchev–Trinajstić information content (AvgIpc) is 2.33. The fourth-order valence-electron chi connectivity index (χ4n) is 1.33. The first kappa shape index (κ1) is 13.6. The Hall–Kier alpha value is -2.44. The first-order valence-corrected chi connectivity index (χ1v) is 5.29. The number of nitrogens with one attached hydrogen (secondary N) is 2. The number of urea groups is 1. The van der Waals surface area contributed by atoms with Crippen molar-refractivity contribution in [2.24, 2.45) is 5.73 Å². The van der Waals surface area contributed by atoms with E-state index in [9.17, 15) is 9.59 Å². The number of anilines is 1. The van der Waals surface area contributed by atoms with Crippen LogP contribution in [0, 0.1) is 0 Å². The van der Waals surface area contributed by atoms with Crippen LogP contribution in [0.25, 0.3) is 0 Å². The predicted octanol–water partition coefficient (Wildman–Crippen LogP) is -0.324. The molecule has 1 aromatic rings. The lowest BCUT2D eigenvalue weighted by molar-refractivity contribution is 0.0954. The van der Waals surface area contributed by atoms with Gasteiger partial charge in [-0.1, -0.05) is 0 Å². The van der Waals surface area contributed by atoms with Crippen molar-refractivity contribution in [3.05, 3.63) is 23.8 Å². The smallest absolute Gasteiger partial charge is 0.312 e. The van der Waals surface area contributed by atoms with Crippen LogP contribution in [0.1, 0.15) is 10.4 Å². The van der Waals surface area contributed by atoms with Gasteiger partial charge in [-0.25, -0.2) is 4.79 Å². The number of primary amides is 1. The van der Waals surface area contributed by atoms with Crippen molar-refractivity contribution in [1.82, 2.24) is 10.6 Å². The van der Waals surface area contributed by atoms with Crippen molar-refractivity contribution in [2.75, 3.05) is 25.9 Å². The lowest BCUT2D eigenvalue weighted by Crippen LogP contribution is -2.37. The van der Waals surface area contributed by atoms with Gasteiger partial charge >= 0.3 is 6.03 Å². The Morgan fingerprint density at radius 3 is 2.50 bits per heavy atom. The minimum absolute atomic E-state index is 0.261. The van der Waals surface area contributed by atoms with E-state index in [0.29, 0.717) is 17.0 Å². The Kier molecular flexibility index (Phi) is 4.79. The summed E-state index contributed by atoms with van der Waals surface area (Å²) < 4.78 is 4.98. The van der Waals surface area contributed by atoms with Gasteiger partial charge in [0.25, 0.3) is 5.91 Å². The molecule has 0 radical (unpaired) electrons. The number of carbonyl (C=O) groups excluding carboxylic acids is 2. The molecule has 0 fully saturated rings. The van der Waals surface area contributed by atoms with Crippen molar-refractivity contribution in [1.29, 1.82) is 0 Å². The molecule has 0 aromatic heterocycles. The maximum atomic E-state index is 11.7. The minimum Gasteiger partial charge on any atom is -0.497 e. The zero-order valence-corrected chi connectivity index (χ0v) is 10.0. The van der Waals surface area contributed by atoms with Crippen LogP contribution in [0.4, 0.5) is 10.5 Å². The van der Waals surface area contributed by atoms with Crippen LogP contribution in [-0.2, 0) is 0 Å². The second-order valence-electron chi connectivity index (χ2n) is 3.50. The monoisotopic (exact) mass is 252 g/mol. The molecule has 0 heterocycles. The fraction of sp³-hybridized carbons (Fsp3) is 0.273. The zero-order chi connectivity index (χ0) is 13.5. The van der Waals surface area contributed by atoms with Gasteiger partial charge in [-0.2, -0.15) is 0 Å². The Morgan fingerprint density at radius 1 is 1.28 bits per heavy atom. The summed E-state index contributed by atoms with van der Waals surface area (Å²) in [5.74, 6) is 0.265. The third-order valence-corrected chi connectivity index (χ3v) is 2.21. The van der Waals surface area contributed by atoms with Gasteiger partial charge in [0.1, 0.15) is 5.75 Å². The van der Waals surface area contributed by atoms with Gasteiger partial charge in [0.05, 0.1) is 12.7 Å². The molecule has 0 aliphatic heterocycles. The molecule has 6 N–H and O–H groups in total. The number of benzene rings is 1. The summed E-state index contributed by atoms with van der Waals surface area (Å²) in [5, 5.41) is 4.96. The number of nitrogen functional groups attached to an aromatic ring is 1. The number of amides is 3. The van der Waals surface area contributed by atoms with E-state index in [0.717, 1.165) is 0 Å². The number of rotatable bonds is 5. The molecule has 98 valence electrons. The van der Waals surface area contributed by atoms with Crippen LogP contribution in [0.15, 0.2) is 18.2 Å². The fourth-order valence-corrected chi connectivity index (χ4v) is 1.33. The summed E-state index contributed by atoms with van der Waals surface area (Å²) in [4.78, 5) is 22.1. The molecule has 0 saturated carbocycles. The number of nitrogens with two attached hydrogens (primary N) is 2. The van der Waals surface area contributed by atoms with Crippen molar-refractivity contribution >= 4 is 17.6 Å². The molecule has 0 aliphatic rings. The lowest BCUT2D eigenvalue weighted by atomic mass is 10.1. The highest BCUT2D eigenvalue weighted by atomic mass is 16.5. The minimum atomic E-state index is -0.631. The molecule has 0 bridgehead atoms. The Balaban J connectivity index is 2.54. The molecule has 1 rings (SSSR count). The van der Waals surface area contributed by atoms with Crippen LogP contribution in [0.2, 0.25) is 0 Å². The first-order valence-electron chi connectivity index (χ1n) is 5.29. The largest absolute Gasteiger partial charge is 0.497 e. The van der Waals surface area contributed by atoms with Gasteiger partial charge in [0.2, 0.25) is 0 Å². The predicted molar refractivity (Wildman–Crippen MR) is 67.3 cm³/mol. The molecule has 0 aliphatic carbocycles. The third kappa shape index (κ3) is 3.85. The Morgan fingerprint density at radius 2 is 1.94 bits per heavy atom. The van der Waals surface area contributed by atoms with Crippen LogP contribution >= 0.6 is 0 Å². The van der Waals surface area contributed by atoms with Crippen LogP contribution in [-0.4, -0.2) is 32.1 Å². The molecule has 1 aromatic carbocycles. The molecule has 3 amide bonds. The normalized spacial score (nSPS) is 9.61. The highest BCUT2D eigenvalue weighted by Gasteiger charge is 2.09. The third-order valence-electron chi connectivity index (χ3n) is 2.21. The molecule has 0 atom stereocenters. The summed E-state index contributed by atoms with van der Waals surface area (Å²) in [6, 6.07) is 4.15. The van der Waals surface area contributed by atoms with Crippen molar-refractivity contribution in [3.63, 3.8) is 0 Å². The summed E-state index contributed by atoms with van der Waals surface area (Å²) in [7, 11) is 1.52.